The summed E-state index contributed by atoms with van der Waals surface area (Å²) in [5.41, 5.74) is 1.06. The van der Waals surface area contributed by atoms with E-state index in [1.165, 1.54) is 11.3 Å². The summed E-state index contributed by atoms with van der Waals surface area (Å²) in [5.74, 6) is 0. The fourth-order valence-electron chi connectivity index (χ4n) is 2.14. The van der Waals surface area contributed by atoms with Gasteiger partial charge in [0.1, 0.15) is 0 Å². The predicted molar refractivity (Wildman–Crippen MR) is 74.8 cm³/mol. The van der Waals surface area contributed by atoms with Crippen molar-refractivity contribution in [3.8, 4) is 0 Å². The number of aromatic amines is 1. The summed E-state index contributed by atoms with van der Waals surface area (Å²) >= 11 is 1.39. The number of aromatic nitrogens is 2. The van der Waals surface area contributed by atoms with Gasteiger partial charge in [0.05, 0.1) is 14.5 Å². The average molecular weight is 256 g/mol. The largest absolute Gasteiger partial charge is 0.313 e. The number of hydrogen-bond donors (Lipinski definition) is 1. The second kappa shape index (κ2) is 4.38. The maximum atomic E-state index is 11.7. The molecule has 0 atom stereocenters. The summed E-state index contributed by atoms with van der Waals surface area (Å²) in [6.45, 7) is 3.75. The van der Waals surface area contributed by atoms with Gasteiger partial charge in [-0.1, -0.05) is 18.7 Å². The van der Waals surface area contributed by atoms with Gasteiger partial charge in [0, 0.05) is 6.20 Å². The lowest BCUT2D eigenvalue weighted by Gasteiger charge is -2.04. The van der Waals surface area contributed by atoms with E-state index in [4.69, 9.17) is 0 Å². The third-order valence-electron chi connectivity index (χ3n) is 2.94. The van der Waals surface area contributed by atoms with Gasteiger partial charge in [0.25, 0.3) is 5.56 Å². The van der Waals surface area contributed by atoms with Crippen LogP contribution in [0.15, 0.2) is 23.1 Å². The quantitative estimate of drug-likeness (QED) is 0.744. The first-order valence-electron chi connectivity index (χ1n) is 5.78. The summed E-state index contributed by atoms with van der Waals surface area (Å²) in [5, 5.41) is 2.14. The van der Waals surface area contributed by atoms with Crippen LogP contribution in [-0.2, 0) is 0 Å². The number of pyridine rings is 1. The number of thiazole rings is 1. The first kappa shape index (κ1) is 11.2. The molecule has 2 aromatic heterocycles. The van der Waals surface area contributed by atoms with E-state index in [9.17, 15) is 4.79 Å². The minimum absolute atomic E-state index is 0.0652. The monoisotopic (exact) mass is 256 g/mol. The number of H-pyrrole nitrogens is 1. The first-order chi connectivity index (χ1) is 8.74. The summed E-state index contributed by atoms with van der Waals surface area (Å²) in [7, 11) is 0. The van der Waals surface area contributed by atoms with Crippen molar-refractivity contribution in [2.45, 2.75) is 12.8 Å². The second-order valence-corrected chi connectivity index (χ2v) is 5.33. The Balaban J connectivity index is 2.35. The molecule has 2 heterocycles. The molecule has 0 bridgehead atoms. The van der Waals surface area contributed by atoms with Crippen LogP contribution >= 0.6 is 11.3 Å². The summed E-state index contributed by atoms with van der Waals surface area (Å²) < 4.78 is 1.39. The normalized spacial score (nSPS) is 15.3. The van der Waals surface area contributed by atoms with E-state index in [2.05, 4.69) is 28.7 Å². The zero-order chi connectivity index (χ0) is 12.5. The average Bonchev–Trinajstić information content (AvgIpc) is 2.68. The third kappa shape index (κ3) is 1.95. The summed E-state index contributed by atoms with van der Waals surface area (Å²) in [6, 6.07) is 3.99. The standard InChI is InChI=1S/C14H12N2OS/c1-9-16-14(17)12(18-9)8-11-5-2-4-10-6-3-7-15-13(10)11/h3-4,6-8H,1-2,5H2,(H,16,17)/b12-8-. The Morgan fingerprint density at radius 1 is 1.50 bits per heavy atom. The molecule has 0 spiro atoms. The lowest BCUT2D eigenvalue weighted by molar-refractivity contribution is 1.05. The van der Waals surface area contributed by atoms with Gasteiger partial charge in [-0.15, -0.1) is 11.3 Å². The van der Waals surface area contributed by atoms with Gasteiger partial charge in [0.2, 0.25) is 0 Å². The van der Waals surface area contributed by atoms with E-state index in [0.717, 1.165) is 29.0 Å². The molecule has 0 saturated heterocycles. The van der Waals surface area contributed by atoms with E-state index < -0.39 is 0 Å². The SMILES string of the molecule is C=c1[nH]c(=O)/c(=C/C2=c3ncccc3=CCC2)s1. The molecule has 0 aliphatic heterocycles. The van der Waals surface area contributed by atoms with Crippen molar-refractivity contribution < 1.29 is 0 Å². The topological polar surface area (TPSA) is 45.8 Å². The van der Waals surface area contributed by atoms with Gasteiger partial charge in [-0.05, 0) is 35.8 Å². The van der Waals surface area contributed by atoms with E-state index >= 15 is 0 Å². The fraction of sp³-hybridized carbons (Fsp3) is 0.143. The highest BCUT2D eigenvalue weighted by Gasteiger charge is 2.03. The van der Waals surface area contributed by atoms with Gasteiger partial charge in [-0.2, -0.15) is 0 Å². The van der Waals surface area contributed by atoms with Gasteiger partial charge in [0.15, 0.2) is 0 Å². The molecule has 0 fully saturated rings. The highest BCUT2D eigenvalue weighted by molar-refractivity contribution is 7.07. The van der Waals surface area contributed by atoms with Crippen molar-refractivity contribution in [3.63, 3.8) is 0 Å². The van der Waals surface area contributed by atoms with Crippen molar-refractivity contribution in [3.05, 3.63) is 48.4 Å². The number of nitrogens with one attached hydrogen (secondary N) is 1. The van der Waals surface area contributed by atoms with Gasteiger partial charge >= 0.3 is 0 Å². The molecular weight excluding hydrogens is 244 g/mol. The Kier molecular flexibility index (Phi) is 2.72. The third-order valence-corrected chi connectivity index (χ3v) is 3.81. The van der Waals surface area contributed by atoms with Crippen LogP contribution in [0.2, 0.25) is 0 Å². The van der Waals surface area contributed by atoms with Gasteiger partial charge in [-0.3, -0.25) is 9.78 Å². The molecule has 18 heavy (non-hydrogen) atoms. The molecule has 0 amide bonds. The number of nitrogens with zero attached hydrogens (tertiary/aromatic N) is 1. The van der Waals surface area contributed by atoms with Crippen molar-refractivity contribution in [1.29, 1.82) is 0 Å². The maximum Gasteiger partial charge on any atom is 0.266 e. The molecule has 0 aromatic carbocycles. The van der Waals surface area contributed by atoms with Crippen LogP contribution in [-0.4, -0.2) is 9.97 Å². The van der Waals surface area contributed by atoms with E-state index in [1.807, 2.05) is 12.1 Å². The molecule has 3 rings (SSSR count). The number of fused-ring (bicyclic) bond motifs is 1. The lowest BCUT2D eigenvalue weighted by atomic mass is 10.0. The molecule has 0 radical (unpaired) electrons. The van der Waals surface area contributed by atoms with Crippen molar-refractivity contribution in [1.82, 2.24) is 9.97 Å². The van der Waals surface area contributed by atoms with E-state index in [-0.39, 0.29) is 5.56 Å². The van der Waals surface area contributed by atoms with Crippen LogP contribution in [0, 0.1) is 0 Å². The van der Waals surface area contributed by atoms with E-state index in [1.54, 1.807) is 6.20 Å². The fourth-order valence-corrected chi connectivity index (χ4v) is 2.89. The van der Waals surface area contributed by atoms with Crippen LogP contribution in [0.4, 0.5) is 0 Å². The van der Waals surface area contributed by atoms with Gasteiger partial charge in [-0.25, -0.2) is 0 Å². The molecule has 0 unspecified atom stereocenters. The predicted octanol–water partition coefficient (Wildman–Crippen LogP) is -0.553. The number of hydrogen-bond acceptors (Lipinski definition) is 3. The van der Waals surface area contributed by atoms with Crippen LogP contribution in [0.5, 0.6) is 0 Å². The Morgan fingerprint density at radius 3 is 3.17 bits per heavy atom. The molecule has 1 aliphatic carbocycles. The summed E-state index contributed by atoms with van der Waals surface area (Å²) in [4.78, 5) is 18.8. The Morgan fingerprint density at radius 2 is 2.39 bits per heavy atom. The molecule has 1 aliphatic rings. The van der Waals surface area contributed by atoms with Crippen LogP contribution in [0.3, 0.4) is 0 Å². The minimum Gasteiger partial charge on any atom is -0.313 e. The molecule has 3 nitrogen and oxygen atoms in total. The van der Waals surface area contributed by atoms with E-state index in [0.29, 0.717) is 9.20 Å². The highest BCUT2D eigenvalue weighted by Crippen LogP contribution is 2.08. The van der Waals surface area contributed by atoms with Crippen LogP contribution < -0.4 is 25.3 Å². The lowest BCUT2D eigenvalue weighted by Crippen LogP contribution is -2.32. The van der Waals surface area contributed by atoms with Crippen molar-refractivity contribution >= 4 is 35.6 Å². The molecule has 90 valence electrons. The van der Waals surface area contributed by atoms with Crippen LogP contribution in [0.1, 0.15) is 12.8 Å². The first-order valence-corrected chi connectivity index (χ1v) is 6.60. The molecule has 2 aromatic rings. The minimum atomic E-state index is -0.0652. The molecule has 4 heteroatoms. The maximum absolute atomic E-state index is 11.7. The Hall–Kier alpha value is -1.94. The van der Waals surface area contributed by atoms with Crippen molar-refractivity contribution in [2.24, 2.45) is 0 Å². The number of rotatable bonds is 1. The molecule has 0 saturated carbocycles. The summed E-state index contributed by atoms with van der Waals surface area (Å²) in [6.07, 6.45) is 7.83. The van der Waals surface area contributed by atoms with Crippen LogP contribution in [0.25, 0.3) is 24.3 Å². The van der Waals surface area contributed by atoms with Crippen molar-refractivity contribution in [2.75, 3.05) is 0 Å². The molecule has 1 N–H and O–H groups in total. The molecular formula is C14H12N2OS. The Bertz CT molecular complexity index is 873. The highest BCUT2D eigenvalue weighted by atomic mass is 32.1. The van der Waals surface area contributed by atoms with Gasteiger partial charge < -0.3 is 4.98 Å². The zero-order valence-electron chi connectivity index (χ0n) is 9.77. The smallest absolute Gasteiger partial charge is 0.266 e. The Labute approximate surface area is 107 Å². The second-order valence-electron chi connectivity index (χ2n) is 4.20. The zero-order valence-corrected chi connectivity index (χ0v) is 10.6.